The maximum absolute atomic E-state index is 13.4. The van der Waals surface area contributed by atoms with Crippen molar-refractivity contribution in [3.63, 3.8) is 0 Å². The van der Waals surface area contributed by atoms with Crippen molar-refractivity contribution in [1.29, 1.82) is 0 Å². The van der Waals surface area contributed by atoms with Gasteiger partial charge in [0, 0.05) is 29.7 Å². The van der Waals surface area contributed by atoms with Gasteiger partial charge in [0.1, 0.15) is 11.4 Å². The summed E-state index contributed by atoms with van der Waals surface area (Å²) >= 11 is 0. The maximum atomic E-state index is 13.4. The lowest BCUT2D eigenvalue weighted by molar-refractivity contribution is -0.115. The van der Waals surface area contributed by atoms with Crippen LogP contribution in [0.15, 0.2) is 58.0 Å². The molecule has 1 saturated heterocycles. The van der Waals surface area contributed by atoms with E-state index in [0.717, 1.165) is 0 Å². The molecule has 0 radical (unpaired) electrons. The number of morpholine rings is 1. The number of nitrogens with one attached hydrogen (secondary N) is 1. The van der Waals surface area contributed by atoms with Gasteiger partial charge in [-0.1, -0.05) is 0 Å². The third-order valence-electron chi connectivity index (χ3n) is 4.71. The Morgan fingerprint density at radius 3 is 2.55 bits per heavy atom. The number of carbonyl (C=O) groups is 1. The molecule has 0 spiro atoms. The summed E-state index contributed by atoms with van der Waals surface area (Å²) in [6.07, 6.45) is 1.44. The highest BCUT2D eigenvalue weighted by Gasteiger charge is 2.26. The average molecular weight is 418 g/mol. The molecule has 4 rings (SSSR count). The minimum atomic E-state index is -3.58. The van der Waals surface area contributed by atoms with Crippen LogP contribution in [0.4, 0.5) is 10.1 Å². The molecule has 2 heterocycles. The molecule has 1 N–H and O–H groups in total. The monoisotopic (exact) mass is 418 g/mol. The number of ether oxygens (including phenoxy) is 1. The second-order valence-electron chi connectivity index (χ2n) is 6.67. The minimum Gasteiger partial charge on any atom is -0.464 e. The van der Waals surface area contributed by atoms with Crippen molar-refractivity contribution < 1.29 is 26.8 Å². The average Bonchev–Trinajstić information content (AvgIpc) is 3.11. The van der Waals surface area contributed by atoms with Crippen LogP contribution in [0.5, 0.6) is 0 Å². The minimum absolute atomic E-state index is 0.00425. The van der Waals surface area contributed by atoms with E-state index in [2.05, 4.69) is 5.32 Å². The summed E-state index contributed by atoms with van der Waals surface area (Å²) in [5, 5.41) is 3.26. The summed E-state index contributed by atoms with van der Waals surface area (Å²) in [4.78, 5) is 12.5. The molecule has 152 valence electrons. The van der Waals surface area contributed by atoms with Crippen LogP contribution in [-0.2, 0) is 26.0 Å². The lowest BCUT2D eigenvalue weighted by atomic mass is 10.1. The molecule has 0 aliphatic carbocycles. The van der Waals surface area contributed by atoms with E-state index in [0.29, 0.717) is 48.5 Å². The third kappa shape index (κ3) is 4.16. The van der Waals surface area contributed by atoms with Gasteiger partial charge < -0.3 is 14.5 Å². The Labute approximate surface area is 167 Å². The lowest BCUT2D eigenvalue weighted by Crippen LogP contribution is -2.40. The van der Waals surface area contributed by atoms with E-state index < -0.39 is 15.8 Å². The smallest absolute Gasteiger partial charge is 0.243 e. The number of hydrogen-bond acceptors (Lipinski definition) is 5. The van der Waals surface area contributed by atoms with Gasteiger partial charge in [-0.25, -0.2) is 12.8 Å². The second kappa shape index (κ2) is 7.94. The van der Waals surface area contributed by atoms with Crippen LogP contribution in [0.25, 0.3) is 11.0 Å². The molecule has 7 nitrogen and oxygen atoms in total. The fourth-order valence-electron chi connectivity index (χ4n) is 3.22. The first-order valence-corrected chi connectivity index (χ1v) is 10.5. The molecule has 1 aliphatic heterocycles. The van der Waals surface area contributed by atoms with E-state index >= 15 is 0 Å². The van der Waals surface area contributed by atoms with Gasteiger partial charge in [-0.15, -0.1) is 0 Å². The summed E-state index contributed by atoms with van der Waals surface area (Å²) in [6.45, 7) is 1.39. The van der Waals surface area contributed by atoms with Gasteiger partial charge >= 0.3 is 0 Å². The number of halogens is 1. The van der Waals surface area contributed by atoms with Gasteiger partial charge in [-0.05, 0) is 42.5 Å². The van der Waals surface area contributed by atoms with E-state index in [1.165, 1.54) is 40.9 Å². The van der Waals surface area contributed by atoms with E-state index in [1.807, 2.05) is 0 Å². The summed E-state index contributed by atoms with van der Waals surface area (Å²) in [5.74, 6) is -0.724. The molecule has 0 bridgehead atoms. The number of benzene rings is 2. The Morgan fingerprint density at radius 1 is 1.10 bits per heavy atom. The molecule has 1 aliphatic rings. The molecule has 0 saturated carbocycles. The number of rotatable bonds is 5. The number of nitrogens with zero attached hydrogens (tertiary/aromatic N) is 1. The molecular weight excluding hydrogens is 399 g/mol. The molecule has 29 heavy (non-hydrogen) atoms. The van der Waals surface area contributed by atoms with E-state index in [4.69, 9.17) is 9.15 Å². The first kappa shape index (κ1) is 19.6. The van der Waals surface area contributed by atoms with Crippen molar-refractivity contribution in [3.05, 3.63) is 60.1 Å². The van der Waals surface area contributed by atoms with Crippen LogP contribution in [0.2, 0.25) is 0 Å². The first-order chi connectivity index (χ1) is 13.9. The maximum Gasteiger partial charge on any atom is 0.243 e. The standard InChI is InChI=1S/C20H19FN2O5S/c21-15-1-6-19-18(12-15)14(13-28-19)11-20(24)22-16-2-4-17(5-3-16)29(25,26)23-7-9-27-10-8-23/h1-6,12-13H,7-11H2,(H,22,24). The molecule has 0 atom stereocenters. The number of amides is 1. The highest BCUT2D eigenvalue weighted by molar-refractivity contribution is 7.89. The first-order valence-electron chi connectivity index (χ1n) is 9.07. The van der Waals surface area contributed by atoms with Crippen LogP contribution in [0.3, 0.4) is 0 Å². The zero-order valence-electron chi connectivity index (χ0n) is 15.4. The van der Waals surface area contributed by atoms with Crippen molar-refractivity contribution in [2.45, 2.75) is 11.3 Å². The topological polar surface area (TPSA) is 88.8 Å². The third-order valence-corrected chi connectivity index (χ3v) is 6.63. The van der Waals surface area contributed by atoms with Gasteiger partial charge in [-0.2, -0.15) is 4.31 Å². The highest BCUT2D eigenvalue weighted by Crippen LogP contribution is 2.23. The predicted molar refractivity (Wildman–Crippen MR) is 105 cm³/mol. The summed E-state index contributed by atoms with van der Waals surface area (Å²) in [7, 11) is -3.58. The second-order valence-corrected chi connectivity index (χ2v) is 8.61. The molecule has 3 aromatic rings. The summed E-state index contributed by atoms with van der Waals surface area (Å²) < 4.78 is 50.6. The Hall–Kier alpha value is -2.75. The Kier molecular flexibility index (Phi) is 5.35. The molecule has 1 aromatic heterocycles. The van der Waals surface area contributed by atoms with Crippen molar-refractivity contribution in [3.8, 4) is 0 Å². The number of furan rings is 1. The van der Waals surface area contributed by atoms with Crippen LogP contribution in [-0.4, -0.2) is 44.9 Å². The SMILES string of the molecule is O=C(Cc1coc2ccc(F)cc12)Nc1ccc(S(=O)(=O)N2CCOCC2)cc1. The number of hydrogen-bond donors (Lipinski definition) is 1. The fourth-order valence-corrected chi connectivity index (χ4v) is 4.62. The number of anilines is 1. The van der Waals surface area contributed by atoms with Gasteiger partial charge in [0.05, 0.1) is 30.8 Å². The zero-order valence-corrected chi connectivity index (χ0v) is 16.2. The molecule has 2 aromatic carbocycles. The van der Waals surface area contributed by atoms with E-state index in [9.17, 15) is 17.6 Å². The Morgan fingerprint density at radius 2 is 1.83 bits per heavy atom. The molecule has 0 unspecified atom stereocenters. The van der Waals surface area contributed by atoms with Crippen LogP contribution < -0.4 is 5.32 Å². The normalized spacial score (nSPS) is 15.5. The van der Waals surface area contributed by atoms with Crippen molar-refractivity contribution in [2.24, 2.45) is 0 Å². The fraction of sp³-hybridized carbons (Fsp3) is 0.250. The van der Waals surface area contributed by atoms with Crippen LogP contribution >= 0.6 is 0 Å². The summed E-state index contributed by atoms with van der Waals surface area (Å²) in [6, 6.07) is 10.1. The van der Waals surface area contributed by atoms with E-state index in [1.54, 1.807) is 12.1 Å². The van der Waals surface area contributed by atoms with Gasteiger partial charge in [0.2, 0.25) is 15.9 Å². The van der Waals surface area contributed by atoms with Gasteiger partial charge in [-0.3, -0.25) is 4.79 Å². The van der Waals surface area contributed by atoms with Crippen molar-refractivity contribution >= 4 is 32.6 Å². The molecule has 1 amide bonds. The Bertz CT molecular complexity index is 1140. The summed E-state index contributed by atoms with van der Waals surface area (Å²) in [5.41, 5.74) is 1.55. The lowest BCUT2D eigenvalue weighted by Gasteiger charge is -2.26. The van der Waals surface area contributed by atoms with Crippen molar-refractivity contribution in [2.75, 3.05) is 31.6 Å². The largest absolute Gasteiger partial charge is 0.464 e. The van der Waals surface area contributed by atoms with E-state index in [-0.39, 0.29) is 17.2 Å². The molecule has 9 heteroatoms. The predicted octanol–water partition coefficient (Wildman–Crippen LogP) is 2.77. The Balaban J connectivity index is 1.44. The zero-order chi connectivity index (χ0) is 20.4. The number of sulfonamides is 1. The van der Waals surface area contributed by atoms with Gasteiger partial charge in [0.15, 0.2) is 0 Å². The van der Waals surface area contributed by atoms with Crippen molar-refractivity contribution in [1.82, 2.24) is 4.31 Å². The molecular formula is C20H19FN2O5S. The number of fused-ring (bicyclic) bond motifs is 1. The van der Waals surface area contributed by atoms with Crippen LogP contribution in [0.1, 0.15) is 5.56 Å². The highest BCUT2D eigenvalue weighted by atomic mass is 32.2. The number of carbonyl (C=O) groups excluding carboxylic acids is 1. The van der Waals surface area contributed by atoms with Crippen LogP contribution in [0, 0.1) is 5.82 Å². The molecule has 1 fully saturated rings. The quantitative estimate of drug-likeness (QED) is 0.688. The van der Waals surface area contributed by atoms with Gasteiger partial charge in [0.25, 0.3) is 0 Å².